The second kappa shape index (κ2) is 10.4. The van der Waals surface area contributed by atoms with Gasteiger partial charge in [-0.05, 0) is 108 Å². The van der Waals surface area contributed by atoms with Gasteiger partial charge in [0, 0.05) is 11.3 Å². The molecule has 228 valence electrons. The number of fused-ring (bicyclic) bond motifs is 5. The first kappa shape index (κ1) is 31.6. The summed E-state index contributed by atoms with van der Waals surface area (Å²) in [6, 6.07) is 0. The number of hydrogen-bond donors (Lipinski definition) is 6. The summed E-state index contributed by atoms with van der Waals surface area (Å²) in [6.07, 6.45) is 0.485. The number of carbonyl (C=O) groups is 2. The van der Waals surface area contributed by atoms with E-state index in [1.54, 1.807) is 26.8 Å². The van der Waals surface area contributed by atoms with Gasteiger partial charge in [-0.25, -0.2) is 0 Å². The SMILES string of the molecule is C[C@@H](O)CC(=O)O[C@H](CCC(C)(C)O)[C@](C)(O)[C@H]1CC[C@@]2(O)C3=CC(=O)[C@@H]4C[C@@H](O)[C@@H](O)C[C@]4(C)[C@H]3CC[C@]12C. The highest BCUT2D eigenvalue weighted by Gasteiger charge is 2.69. The minimum absolute atomic E-state index is 0.136. The van der Waals surface area contributed by atoms with E-state index in [1.165, 1.54) is 6.92 Å². The molecule has 0 radical (unpaired) electrons. The second-order valence-corrected chi connectivity index (χ2v) is 14.7. The number of hydrogen-bond acceptors (Lipinski definition) is 9. The van der Waals surface area contributed by atoms with Gasteiger partial charge in [0.25, 0.3) is 0 Å². The molecule has 0 aromatic rings. The number of allylic oxidation sites excluding steroid dienone is 1. The van der Waals surface area contributed by atoms with Gasteiger partial charge in [0.15, 0.2) is 5.78 Å². The van der Waals surface area contributed by atoms with E-state index in [4.69, 9.17) is 4.74 Å². The van der Waals surface area contributed by atoms with Gasteiger partial charge in [-0.3, -0.25) is 9.59 Å². The molecule has 3 fully saturated rings. The summed E-state index contributed by atoms with van der Waals surface area (Å²) in [5.41, 5.74) is -4.77. The highest BCUT2D eigenvalue weighted by Crippen LogP contribution is 2.68. The number of ketones is 1. The van der Waals surface area contributed by atoms with Gasteiger partial charge in [0.1, 0.15) is 11.7 Å². The summed E-state index contributed by atoms with van der Waals surface area (Å²) in [7, 11) is 0. The Morgan fingerprint density at radius 2 is 1.75 bits per heavy atom. The lowest BCUT2D eigenvalue weighted by molar-refractivity contribution is -0.195. The van der Waals surface area contributed by atoms with E-state index in [0.717, 1.165) is 0 Å². The van der Waals surface area contributed by atoms with Crippen molar-refractivity contribution in [2.75, 3.05) is 0 Å². The van der Waals surface area contributed by atoms with Crippen molar-refractivity contribution in [3.63, 3.8) is 0 Å². The first-order valence-electron chi connectivity index (χ1n) is 14.9. The molecule has 9 nitrogen and oxygen atoms in total. The van der Waals surface area contributed by atoms with Crippen LogP contribution in [0, 0.1) is 28.6 Å². The van der Waals surface area contributed by atoms with Gasteiger partial charge in [-0.2, -0.15) is 0 Å². The molecule has 0 aliphatic heterocycles. The van der Waals surface area contributed by atoms with Crippen LogP contribution in [0.4, 0.5) is 0 Å². The number of ether oxygens (including phenoxy) is 1. The van der Waals surface area contributed by atoms with E-state index in [0.29, 0.717) is 31.3 Å². The van der Waals surface area contributed by atoms with Crippen molar-refractivity contribution in [1.29, 1.82) is 0 Å². The Hall–Kier alpha value is -1.36. The zero-order valence-corrected chi connectivity index (χ0v) is 24.9. The molecule has 0 heterocycles. The molecule has 0 aromatic carbocycles. The molecule has 11 atom stereocenters. The van der Waals surface area contributed by atoms with Crippen LogP contribution in [-0.4, -0.2) is 83.6 Å². The van der Waals surface area contributed by atoms with Crippen molar-refractivity contribution >= 4 is 11.8 Å². The maximum Gasteiger partial charge on any atom is 0.308 e. The lowest BCUT2D eigenvalue weighted by Gasteiger charge is -2.60. The Bertz CT molecular complexity index is 1030. The fraction of sp³-hybridized carbons (Fsp3) is 0.871. The summed E-state index contributed by atoms with van der Waals surface area (Å²) in [5.74, 6) is -1.84. The molecular weight excluding hydrogens is 516 g/mol. The summed E-state index contributed by atoms with van der Waals surface area (Å²) < 4.78 is 5.76. The molecule has 0 saturated heterocycles. The molecule has 40 heavy (non-hydrogen) atoms. The van der Waals surface area contributed by atoms with Crippen molar-refractivity contribution < 1.29 is 45.0 Å². The molecule has 9 heteroatoms. The minimum atomic E-state index is -1.57. The Balaban J connectivity index is 1.68. The van der Waals surface area contributed by atoms with E-state index in [2.05, 4.69) is 0 Å². The molecule has 4 aliphatic rings. The Labute approximate surface area is 237 Å². The third-order valence-corrected chi connectivity index (χ3v) is 11.2. The third kappa shape index (κ3) is 5.20. The van der Waals surface area contributed by atoms with Crippen LogP contribution in [0.2, 0.25) is 0 Å². The average molecular weight is 567 g/mol. The number of aliphatic hydroxyl groups excluding tert-OH is 3. The molecular formula is C31H50O9. The Morgan fingerprint density at radius 3 is 2.35 bits per heavy atom. The predicted octanol–water partition coefficient (Wildman–Crippen LogP) is 2.18. The molecule has 0 amide bonds. The zero-order chi connectivity index (χ0) is 30.1. The van der Waals surface area contributed by atoms with E-state index >= 15 is 0 Å². The van der Waals surface area contributed by atoms with Crippen LogP contribution in [0.25, 0.3) is 0 Å². The van der Waals surface area contributed by atoms with E-state index in [1.807, 2.05) is 13.8 Å². The van der Waals surface area contributed by atoms with Crippen molar-refractivity contribution in [3.8, 4) is 0 Å². The van der Waals surface area contributed by atoms with Gasteiger partial charge in [0.2, 0.25) is 0 Å². The predicted molar refractivity (Wildman–Crippen MR) is 147 cm³/mol. The van der Waals surface area contributed by atoms with Crippen LogP contribution >= 0.6 is 0 Å². The Morgan fingerprint density at radius 1 is 1.10 bits per heavy atom. The summed E-state index contributed by atoms with van der Waals surface area (Å²) in [5, 5.41) is 65.5. The van der Waals surface area contributed by atoms with Crippen molar-refractivity contribution in [1.82, 2.24) is 0 Å². The first-order valence-corrected chi connectivity index (χ1v) is 14.9. The lowest BCUT2D eigenvalue weighted by Crippen LogP contribution is -2.63. The van der Waals surface area contributed by atoms with Crippen molar-refractivity contribution in [2.45, 2.75) is 141 Å². The van der Waals surface area contributed by atoms with Crippen LogP contribution in [-0.2, 0) is 14.3 Å². The second-order valence-electron chi connectivity index (χ2n) is 14.7. The molecule has 0 aromatic heterocycles. The van der Waals surface area contributed by atoms with E-state index in [-0.39, 0.29) is 43.8 Å². The maximum absolute atomic E-state index is 13.4. The van der Waals surface area contributed by atoms with Crippen LogP contribution in [0.1, 0.15) is 99.3 Å². The summed E-state index contributed by atoms with van der Waals surface area (Å²) in [6.45, 7) is 10.3. The van der Waals surface area contributed by atoms with Crippen LogP contribution in [0.3, 0.4) is 0 Å². The normalized spacial score (nSPS) is 42.5. The molecule has 4 aliphatic carbocycles. The third-order valence-electron chi connectivity index (χ3n) is 11.2. The van der Waals surface area contributed by atoms with E-state index < -0.39 is 69.9 Å². The Kier molecular flexibility index (Phi) is 8.22. The van der Waals surface area contributed by atoms with Gasteiger partial charge in [-0.15, -0.1) is 0 Å². The van der Waals surface area contributed by atoms with Crippen LogP contribution in [0.15, 0.2) is 11.6 Å². The quantitative estimate of drug-likeness (QED) is 0.242. The molecule has 0 unspecified atom stereocenters. The van der Waals surface area contributed by atoms with Gasteiger partial charge in [-0.1, -0.05) is 13.8 Å². The molecule has 6 N–H and O–H groups in total. The first-order chi connectivity index (χ1) is 18.3. The van der Waals surface area contributed by atoms with Crippen LogP contribution < -0.4 is 0 Å². The summed E-state index contributed by atoms with van der Waals surface area (Å²) in [4.78, 5) is 26.0. The molecule has 4 rings (SSSR count). The number of rotatable bonds is 8. The monoisotopic (exact) mass is 566 g/mol. The molecule has 0 bridgehead atoms. The number of esters is 1. The zero-order valence-electron chi connectivity index (χ0n) is 24.9. The smallest absolute Gasteiger partial charge is 0.308 e. The lowest BCUT2D eigenvalue weighted by atomic mass is 9.45. The van der Waals surface area contributed by atoms with E-state index in [9.17, 15) is 40.2 Å². The highest BCUT2D eigenvalue weighted by atomic mass is 16.6. The minimum Gasteiger partial charge on any atom is -0.459 e. The van der Waals surface area contributed by atoms with Crippen molar-refractivity contribution in [2.24, 2.45) is 28.6 Å². The van der Waals surface area contributed by atoms with Gasteiger partial charge >= 0.3 is 5.97 Å². The summed E-state index contributed by atoms with van der Waals surface area (Å²) >= 11 is 0. The van der Waals surface area contributed by atoms with Gasteiger partial charge in [0.05, 0.1) is 35.9 Å². The van der Waals surface area contributed by atoms with Crippen molar-refractivity contribution in [3.05, 3.63) is 11.6 Å². The molecule has 0 spiro atoms. The average Bonchev–Trinajstić information content (AvgIpc) is 3.09. The van der Waals surface area contributed by atoms with Gasteiger partial charge < -0.3 is 35.4 Å². The molecule has 3 saturated carbocycles. The maximum atomic E-state index is 13.4. The van der Waals surface area contributed by atoms with Crippen LogP contribution in [0.5, 0.6) is 0 Å². The topological polar surface area (TPSA) is 165 Å². The number of aliphatic hydroxyl groups is 6. The fourth-order valence-electron chi connectivity index (χ4n) is 8.93. The fourth-order valence-corrected chi connectivity index (χ4v) is 8.93. The number of carbonyl (C=O) groups excluding carboxylic acids is 2. The highest BCUT2D eigenvalue weighted by molar-refractivity contribution is 5.95. The largest absolute Gasteiger partial charge is 0.459 e. The standard InChI is InChI=1S/C31H50O9/c1-17(32)13-26(36)40-25(9-10-27(2,3)37)30(6,38)24-8-12-31(39)19-14-21(33)20-15-22(34)23(35)16-28(20,4)18(19)7-11-29(24,31)5/h14,17-18,20,22-25,32,34-35,37-39H,7-13,15-16H2,1-6H3/t17-,18+,20+,22-,23+,24+,25-,28-,29-,30-,31-/m1/s1.